The molecule has 0 aromatic heterocycles. The summed E-state index contributed by atoms with van der Waals surface area (Å²) in [6, 6.07) is 8.33. The molecule has 1 saturated carbocycles. The Morgan fingerprint density at radius 2 is 1.86 bits per heavy atom. The quantitative estimate of drug-likeness (QED) is 0.721. The van der Waals surface area contributed by atoms with E-state index < -0.39 is 0 Å². The zero-order valence-electron chi connectivity index (χ0n) is 13.4. The number of carbonyl (C=O) groups is 1. The van der Waals surface area contributed by atoms with Crippen molar-refractivity contribution in [2.24, 2.45) is 5.92 Å². The van der Waals surface area contributed by atoms with Gasteiger partial charge >= 0.3 is 0 Å². The average molecular weight is 287 g/mol. The Morgan fingerprint density at radius 3 is 2.52 bits per heavy atom. The van der Waals surface area contributed by atoms with E-state index in [4.69, 9.17) is 0 Å². The summed E-state index contributed by atoms with van der Waals surface area (Å²) in [5, 5.41) is 3.03. The second kappa shape index (κ2) is 8.86. The molecular weight excluding hydrogens is 258 g/mol. The number of hydrogen-bond donors (Lipinski definition) is 1. The van der Waals surface area contributed by atoms with Crippen molar-refractivity contribution in [2.45, 2.75) is 71.1 Å². The standard InChI is InChI=1S/C19H29NO/c1-2-3-7-17-10-13-18(14-11-17)20-19(21)15-12-16-8-5-4-6-9-16/h10-11,13-14,16H,2-9,12,15H2,1H3,(H,20,21). The molecule has 2 nitrogen and oxygen atoms in total. The van der Waals surface area contributed by atoms with E-state index in [2.05, 4.69) is 24.4 Å². The first-order valence-electron chi connectivity index (χ1n) is 8.66. The highest BCUT2D eigenvalue weighted by molar-refractivity contribution is 5.90. The van der Waals surface area contributed by atoms with Gasteiger partial charge in [0.25, 0.3) is 0 Å². The molecule has 0 atom stereocenters. The predicted octanol–water partition coefficient (Wildman–Crippen LogP) is 5.33. The molecule has 0 aliphatic heterocycles. The van der Waals surface area contributed by atoms with Gasteiger partial charge in [-0.3, -0.25) is 4.79 Å². The largest absolute Gasteiger partial charge is 0.326 e. The number of benzene rings is 1. The lowest BCUT2D eigenvalue weighted by atomic mass is 9.86. The van der Waals surface area contributed by atoms with Crippen LogP contribution in [0.4, 0.5) is 5.69 Å². The van der Waals surface area contributed by atoms with Crippen LogP contribution < -0.4 is 5.32 Å². The third-order valence-corrected chi connectivity index (χ3v) is 4.56. The Hall–Kier alpha value is -1.31. The van der Waals surface area contributed by atoms with Crippen LogP contribution in [-0.2, 0) is 11.2 Å². The van der Waals surface area contributed by atoms with Crippen molar-refractivity contribution in [3.05, 3.63) is 29.8 Å². The molecule has 1 N–H and O–H groups in total. The van der Waals surface area contributed by atoms with Crippen LogP contribution in [0.15, 0.2) is 24.3 Å². The lowest BCUT2D eigenvalue weighted by molar-refractivity contribution is -0.116. The first-order valence-corrected chi connectivity index (χ1v) is 8.66. The number of nitrogens with one attached hydrogen (secondary N) is 1. The van der Waals surface area contributed by atoms with Crippen LogP contribution in [0.3, 0.4) is 0 Å². The average Bonchev–Trinajstić information content (AvgIpc) is 2.53. The maximum Gasteiger partial charge on any atom is 0.224 e. The highest BCUT2D eigenvalue weighted by Crippen LogP contribution is 2.27. The van der Waals surface area contributed by atoms with Crippen LogP contribution in [0.5, 0.6) is 0 Å². The highest BCUT2D eigenvalue weighted by atomic mass is 16.1. The molecule has 116 valence electrons. The number of carbonyl (C=O) groups excluding carboxylic acids is 1. The molecule has 1 amide bonds. The van der Waals surface area contributed by atoms with Gasteiger partial charge in [-0.1, -0.05) is 57.6 Å². The summed E-state index contributed by atoms with van der Waals surface area (Å²) in [5.41, 5.74) is 2.29. The van der Waals surface area contributed by atoms with Gasteiger partial charge in [-0.25, -0.2) is 0 Å². The number of aryl methyl sites for hydroxylation is 1. The van der Waals surface area contributed by atoms with Gasteiger partial charge in [0.05, 0.1) is 0 Å². The van der Waals surface area contributed by atoms with E-state index in [1.807, 2.05) is 12.1 Å². The molecule has 21 heavy (non-hydrogen) atoms. The minimum atomic E-state index is 0.168. The molecule has 2 rings (SSSR count). The summed E-state index contributed by atoms with van der Waals surface area (Å²) < 4.78 is 0. The minimum Gasteiger partial charge on any atom is -0.326 e. The Balaban J connectivity index is 1.71. The topological polar surface area (TPSA) is 29.1 Å². The molecule has 2 heteroatoms. The maximum absolute atomic E-state index is 12.0. The fourth-order valence-electron chi connectivity index (χ4n) is 3.17. The predicted molar refractivity (Wildman–Crippen MR) is 89.5 cm³/mol. The van der Waals surface area contributed by atoms with Crippen molar-refractivity contribution >= 4 is 11.6 Å². The van der Waals surface area contributed by atoms with Crippen molar-refractivity contribution in [1.82, 2.24) is 0 Å². The van der Waals surface area contributed by atoms with Crippen LogP contribution in [0, 0.1) is 5.92 Å². The molecule has 0 bridgehead atoms. The second-order valence-corrected chi connectivity index (χ2v) is 6.39. The molecule has 0 unspecified atom stereocenters. The molecule has 1 aliphatic rings. The number of rotatable bonds is 7. The summed E-state index contributed by atoms with van der Waals surface area (Å²) in [6.07, 6.45) is 12.0. The summed E-state index contributed by atoms with van der Waals surface area (Å²) in [4.78, 5) is 12.0. The number of amides is 1. The highest BCUT2D eigenvalue weighted by Gasteiger charge is 2.14. The SMILES string of the molecule is CCCCc1ccc(NC(=O)CCC2CCCCC2)cc1. The molecule has 1 aromatic carbocycles. The summed E-state index contributed by atoms with van der Waals surface area (Å²) >= 11 is 0. The molecule has 1 aromatic rings. The Kier molecular flexibility index (Phi) is 6.78. The monoisotopic (exact) mass is 287 g/mol. The van der Waals surface area contributed by atoms with Crippen LogP contribution in [0.2, 0.25) is 0 Å². The Bertz CT molecular complexity index is 418. The summed E-state index contributed by atoms with van der Waals surface area (Å²) in [6.45, 7) is 2.21. The number of anilines is 1. The van der Waals surface area contributed by atoms with Gasteiger partial charge in [0.2, 0.25) is 5.91 Å². The first kappa shape index (κ1) is 16.1. The molecule has 1 fully saturated rings. The van der Waals surface area contributed by atoms with Crippen LogP contribution in [-0.4, -0.2) is 5.91 Å². The van der Waals surface area contributed by atoms with Crippen LogP contribution in [0.25, 0.3) is 0 Å². The van der Waals surface area contributed by atoms with Crippen molar-refractivity contribution in [3.63, 3.8) is 0 Å². The van der Waals surface area contributed by atoms with Gasteiger partial charge in [-0.05, 0) is 42.9 Å². The van der Waals surface area contributed by atoms with Gasteiger partial charge in [-0.2, -0.15) is 0 Å². The van der Waals surface area contributed by atoms with E-state index in [0.717, 1.165) is 24.4 Å². The molecular formula is C19H29NO. The zero-order chi connectivity index (χ0) is 14.9. The third kappa shape index (κ3) is 5.91. The molecule has 0 heterocycles. The van der Waals surface area contributed by atoms with E-state index in [0.29, 0.717) is 6.42 Å². The zero-order valence-corrected chi connectivity index (χ0v) is 13.4. The normalized spacial score (nSPS) is 15.9. The van der Waals surface area contributed by atoms with Gasteiger partial charge in [0.1, 0.15) is 0 Å². The Labute approximate surface area is 129 Å². The lowest BCUT2D eigenvalue weighted by Crippen LogP contribution is -2.14. The van der Waals surface area contributed by atoms with Gasteiger partial charge in [-0.15, -0.1) is 0 Å². The van der Waals surface area contributed by atoms with E-state index in [-0.39, 0.29) is 5.91 Å². The van der Waals surface area contributed by atoms with Gasteiger partial charge < -0.3 is 5.32 Å². The third-order valence-electron chi connectivity index (χ3n) is 4.56. The molecule has 0 saturated heterocycles. The fraction of sp³-hybridized carbons (Fsp3) is 0.632. The van der Waals surface area contributed by atoms with Crippen molar-refractivity contribution in [2.75, 3.05) is 5.32 Å². The summed E-state index contributed by atoms with van der Waals surface area (Å²) in [7, 11) is 0. The van der Waals surface area contributed by atoms with Gasteiger partial charge in [0, 0.05) is 12.1 Å². The van der Waals surface area contributed by atoms with E-state index in [9.17, 15) is 4.79 Å². The van der Waals surface area contributed by atoms with Gasteiger partial charge in [0.15, 0.2) is 0 Å². The van der Waals surface area contributed by atoms with E-state index >= 15 is 0 Å². The number of hydrogen-bond acceptors (Lipinski definition) is 1. The van der Waals surface area contributed by atoms with E-state index in [1.54, 1.807) is 0 Å². The molecule has 0 radical (unpaired) electrons. The number of unbranched alkanes of at least 4 members (excludes halogenated alkanes) is 1. The van der Waals surface area contributed by atoms with Crippen molar-refractivity contribution in [1.29, 1.82) is 0 Å². The summed E-state index contributed by atoms with van der Waals surface area (Å²) in [5.74, 6) is 0.947. The van der Waals surface area contributed by atoms with Crippen molar-refractivity contribution < 1.29 is 4.79 Å². The molecule has 0 spiro atoms. The Morgan fingerprint density at radius 1 is 1.14 bits per heavy atom. The fourth-order valence-corrected chi connectivity index (χ4v) is 3.17. The van der Waals surface area contributed by atoms with Crippen molar-refractivity contribution in [3.8, 4) is 0 Å². The molecule has 1 aliphatic carbocycles. The second-order valence-electron chi connectivity index (χ2n) is 6.39. The first-order chi connectivity index (χ1) is 10.3. The van der Waals surface area contributed by atoms with E-state index in [1.165, 1.54) is 50.5 Å². The van der Waals surface area contributed by atoms with Crippen LogP contribution in [0.1, 0.15) is 70.3 Å². The van der Waals surface area contributed by atoms with Crippen LogP contribution >= 0.6 is 0 Å². The maximum atomic E-state index is 12.0. The minimum absolute atomic E-state index is 0.168. The smallest absolute Gasteiger partial charge is 0.224 e. The lowest BCUT2D eigenvalue weighted by Gasteiger charge is -2.21.